The fraction of sp³-hybridized carbons (Fsp3) is 0.562. The Morgan fingerprint density at radius 1 is 1.30 bits per heavy atom. The Kier molecular flexibility index (Phi) is 5.22. The molecule has 1 aromatic carbocycles. The Labute approximate surface area is 129 Å². The molecule has 0 aliphatic carbocycles. The fourth-order valence-corrected chi connectivity index (χ4v) is 2.98. The molecule has 2 N–H and O–H groups in total. The van der Waals surface area contributed by atoms with Crippen LogP contribution in [-0.2, 0) is 4.79 Å². The van der Waals surface area contributed by atoms with E-state index in [4.69, 9.17) is 0 Å². The van der Waals surface area contributed by atoms with Gasteiger partial charge in [0.05, 0.1) is 0 Å². The molecule has 3 nitrogen and oxygen atoms in total. The van der Waals surface area contributed by atoms with E-state index in [9.17, 15) is 4.79 Å². The SMILES string of the molecule is CC(C)CCCC(C)NC1C(=O)Nc2ccc(Br)cc21. The average Bonchev–Trinajstić information content (AvgIpc) is 2.65. The molecule has 0 saturated heterocycles. The number of halogens is 1. The third kappa shape index (κ3) is 3.83. The van der Waals surface area contributed by atoms with Crippen LogP contribution in [0.3, 0.4) is 0 Å². The predicted octanol–water partition coefficient (Wildman–Crippen LogP) is 4.25. The van der Waals surface area contributed by atoms with Crippen LogP contribution in [-0.4, -0.2) is 11.9 Å². The highest BCUT2D eigenvalue weighted by Gasteiger charge is 2.31. The van der Waals surface area contributed by atoms with Gasteiger partial charge < -0.3 is 5.32 Å². The van der Waals surface area contributed by atoms with E-state index in [1.54, 1.807) is 0 Å². The minimum atomic E-state index is -0.225. The number of benzene rings is 1. The molecule has 2 rings (SSSR count). The van der Waals surface area contributed by atoms with E-state index >= 15 is 0 Å². The van der Waals surface area contributed by atoms with Crippen molar-refractivity contribution in [1.29, 1.82) is 0 Å². The molecule has 0 fully saturated rings. The summed E-state index contributed by atoms with van der Waals surface area (Å²) in [6, 6.07) is 6.04. The molecule has 20 heavy (non-hydrogen) atoms. The van der Waals surface area contributed by atoms with Gasteiger partial charge in [0.15, 0.2) is 0 Å². The Morgan fingerprint density at radius 3 is 2.75 bits per heavy atom. The maximum atomic E-state index is 12.1. The Bertz CT molecular complexity index is 487. The second-order valence-electron chi connectivity index (χ2n) is 6.05. The summed E-state index contributed by atoms with van der Waals surface area (Å²) in [5.41, 5.74) is 1.96. The van der Waals surface area contributed by atoms with Gasteiger partial charge in [-0.1, -0.05) is 42.6 Å². The number of anilines is 1. The second kappa shape index (κ2) is 6.72. The van der Waals surface area contributed by atoms with Gasteiger partial charge in [0, 0.05) is 21.8 Å². The van der Waals surface area contributed by atoms with Crippen molar-refractivity contribution in [2.24, 2.45) is 5.92 Å². The first-order valence-electron chi connectivity index (χ1n) is 7.33. The number of carbonyl (C=O) groups excluding carboxylic acids is 1. The van der Waals surface area contributed by atoms with Crippen molar-refractivity contribution in [2.45, 2.75) is 52.1 Å². The summed E-state index contributed by atoms with van der Waals surface area (Å²) in [5, 5.41) is 6.38. The van der Waals surface area contributed by atoms with E-state index in [2.05, 4.69) is 47.3 Å². The van der Waals surface area contributed by atoms with Gasteiger partial charge in [-0.3, -0.25) is 10.1 Å². The van der Waals surface area contributed by atoms with Crippen molar-refractivity contribution in [3.05, 3.63) is 28.2 Å². The standard InChI is InChI=1S/C16H23BrN2O/c1-10(2)5-4-6-11(3)18-15-13-9-12(17)7-8-14(13)19-16(15)20/h7-11,15,18H,4-6H2,1-3H3,(H,19,20). The predicted molar refractivity (Wildman–Crippen MR) is 86.8 cm³/mol. The lowest BCUT2D eigenvalue weighted by Gasteiger charge is -2.19. The number of nitrogens with one attached hydrogen (secondary N) is 2. The lowest BCUT2D eigenvalue weighted by molar-refractivity contribution is -0.117. The maximum absolute atomic E-state index is 12.1. The molecule has 1 aliphatic heterocycles. The summed E-state index contributed by atoms with van der Waals surface area (Å²) in [4.78, 5) is 12.1. The number of hydrogen-bond acceptors (Lipinski definition) is 2. The normalized spacial score (nSPS) is 19.1. The molecule has 0 spiro atoms. The van der Waals surface area contributed by atoms with Crippen molar-refractivity contribution in [3.8, 4) is 0 Å². The van der Waals surface area contributed by atoms with Crippen LogP contribution in [0.4, 0.5) is 5.69 Å². The van der Waals surface area contributed by atoms with Gasteiger partial charge in [0.1, 0.15) is 6.04 Å². The van der Waals surface area contributed by atoms with E-state index in [0.717, 1.165) is 28.1 Å². The van der Waals surface area contributed by atoms with E-state index in [1.165, 1.54) is 12.8 Å². The van der Waals surface area contributed by atoms with Crippen LogP contribution in [0.1, 0.15) is 51.6 Å². The van der Waals surface area contributed by atoms with Crippen LogP contribution in [0.15, 0.2) is 22.7 Å². The maximum Gasteiger partial charge on any atom is 0.246 e. The van der Waals surface area contributed by atoms with E-state index < -0.39 is 0 Å². The second-order valence-corrected chi connectivity index (χ2v) is 6.96. The third-order valence-electron chi connectivity index (χ3n) is 3.71. The minimum absolute atomic E-state index is 0.0498. The van der Waals surface area contributed by atoms with Gasteiger partial charge in [-0.25, -0.2) is 0 Å². The Hall–Kier alpha value is -0.870. The molecule has 110 valence electrons. The number of amides is 1. The van der Waals surface area contributed by atoms with Crippen LogP contribution in [0.2, 0.25) is 0 Å². The average molecular weight is 339 g/mol. The van der Waals surface area contributed by atoms with Crippen LogP contribution < -0.4 is 10.6 Å². The first-order chi connectivity index (χ1) is 9.47. The molecule has 2 atom stereocenters. The molecule has 0 aromatic heterocycles. The molecular formula is C16H23BrN2O. The number of fused-ring (bicyclic) bond motifs is 1. The first kappa shape index (κ1) is 15.5. The highest BCUT2D eigenvalue weighted by molar-refractivity contribution is 9.10. The van der Waals surface area contributed by atoms with Crippen LogP contribution in [0.5, 0.6) is 0 Å². The summed E-state index contributed by atoms with van der Waals surface area (Å²) in [6.45, 7) is 6.65. The van der Waals surface area contributed by atoms with E-state index in [0.29, 0.717) is 6.04 Å². The number of hydrogen-bond donors (Lipinski definition) is 2. The van der Waals surface area contributed by atoms with E-state index in [-0.39, 0.29) is 11.9 Å². The molecule has 0 radical (unpaired) electrons. The van der Waals surface area contributed by atoms with Gasteiger partial charge in [0.2, 0.25) is 5.91 Å². The molecule has 2 unspecified atom stereocenters. The monoisotopic (exact) mass is 338 g/mol. The summed E-state index contributed by atoms with van der Waals surface area (Å²) in [5.74, 6) is 0.794. The van der Waals surface area contributed by atoms with Crippen LogP contribution >= 0.6 is 15.9 Å². The van der Waals surface area contributed by atoms with Gasteiger partial charge in [0.25, 0.3) is 0 Å². The van der Waals surface area contributed by atoms with Crippen LogP contribution in [0, 0.1) is 5.92 Å². The van der Waals surface area contributed by atoms with Crippen molar-refractivity contribution in [3.63, 3.8) is 0 Å². The lowest BCUT2D eigenvalue weighted by Crippen LogP contribution is -2.34. The zero-order valence-electron chi connectivity index (χ0n) is 12.4. The van der Waals surface area contributed by atoms with Crippen molar-refractivity contribution >= 4 is 27.5 Å². The number of rotatable bonds is 6. The Morgan fingerprint density at radius 2 is 2.05 bits per heavy atom. The third-order valence-corrected chi connectivity index (χ3v) is 4.21. The topological polar surface area (TPSA) is 41.1 Å². The zero-order valence-corrected chi connectivity index (χ0v) is 14.0. The van der Waals surface area contributed by atoms with Crippen molar-refractivity contribution < 1.29 is 4.79 Å². The molecule has 1 heterocycles. The quantitative estimate of drug-likeness (QED) is 0.814. The summed E-state index contributed by atoms with van der Waals surface area (Å²) < 4.78 is 1.01. The molecule has 1 aliphatic rings. The van der Waals surface area contributed by atoms with Crippen LogP contribution in [0.25, 0.3) is 0 Å². The fourth-order valence-electron chi connectivity index (χ4n) is 2.60. The molecule has 4 heteroatoms. The molecule has 1 aromatic rings. The van der Waals surface area contributed by atoms with Crippen molar-refractivity contribution in [2.75, 3.05) is 5.32 Å². The van der Waals surface area contributed by atoms with Gasteiger partial charge >= 0.3 is 0 Å². The summed E-state index contributed by atoms with van der Waals surface area (Å²) in [6.07, 6.45) is 3.54. The lowest BCUT2D eigenvalue weighted by atomic mass is 10.0. The zero-order chi connectivity index (χ0) is 14.7. The molecule has 1 amide bonds. The van der Waals surface area contributed by atoms with Crippen molar-refractivity contribution in [1.82, 2.24) is 5.32 Å². The van der Waals surface area contributed by atoms with Gasteiger partial charge in [-0.2, -0.15) is 0 Å². The van der Waals surface area contributed by atoms with Gasteiger partial charge in [-0.05, 0) is 37.5 Å². The number of carbonyl (C=O) groups is 1. The summed E-state index contributed by atoms with van der Waals surface area (Å²) in [7, 11) is 0. The highest BCUT2D eigenvalue weighted by Crippen LogP contribution is 2.33. The van der Waals surface area contributed by atoms with E-state index in [1.807, 2.05) is 18.2 Å². The largest absolute Gasteiger partial charge is 0.324 e. The summed E-state index contributed by atoms with van der Waals surface area (Å²) >= 11 is 3.47. The molecule has 0 saturated carbocycles. The Balaban J connectivity index is 1.96. The molecular weight excluding hydrogens is 316 g/mol. The minimum Gasteiger partial charge on any atom is -0.324 e. The smallest absolute Gasteiger partial charge is 0.246 e. The first-order valence-corrected chi connectivity index (χ1v) is 8.13. The molecule has 0 bridgehead atoms. The highest BCUT2D eigenvalue weighted by atomic mass is 79.9. The van der Waals surface area contributed by atoms with Gasteiger partial charge in [-0.15, -0.1) is 0 Å².